The summed E-state index contributed by atoms with van der Waals surface area (Å²) in [6.07, 6.45) is 3.12. The monoisotopic (exact) mass is 431 g/mol. The molecule has 146 valence electrons. The van der Waals surface area contributed by atoms with E-state index in [1.54, 1.807) is 18.2 Å². The van der Waals surface area contributed by atoms with E-state index in [9.17, 15) is 0 Å². The first-order valence-electron chi connectivity index (χ1n) is 8.70. The van der Waals surface area contributed by atoms with Crippen LogP contribution >= 0.6 is 34.8 Å². The van der Waals surface area contributed by atoms with Crippen molar-refractivity contribution < 1.29 is 14.2 Å². The van der Waals surface area contributed by atoms with Crippen LogP contribution in [0.25, 0.3) is 0 Å². The van der Waals surface area contributed by atoms with Crippen LogP contribution in [-0.2, 0) is 9.47 Å². The van der Waals surface area contributed by atoms with Gasteiger partial charge in [0.2, 0.25) is 5.88 Å². The number of nitrogens with two attached hydrogens (primary N) is 1. The molecule has 0 saturated carbocycles. The fraction of sp³-hybridized carbons (Fsp3) is 0.444. The number of hydrogen-bond donors (Lipinski definition) is 1. The first-order valence-corrected chi connectivity index (χ1v) is 9.84. The molecule has 0 aliphatic carbocycles. The second-order valence-electron chi connectivity index (χ2n) is 6.17. The van der Waals surface area contributed by atoms with Gasteiger partial charge in [-0.15, -0.1) is 10.2 Å². The summed E-state index contributed by atoms with van der Waals surface area (Å²) < 4.78 is 17.5. The zero-order chi connectivity index (χ0) is 19.4. The summed E-state index contributed by atoms with van der Waals surface area (Å²) >= 11 is 18.6. The van der Waals surface area contributed by atoms with Crippen LogP contribution in [0.5, 0.6) is 11.6 Å². The Balaban J connectivity index is 1.83. The van der Waals surface area contributed by atoms with Crippen LogP contribution in [0.2, 0.25) is 15.2 Å². The maximum Gasteiger partial charge on any atom is 0.239 e. The Bertz CT molecular complexity index is 778. The van der Waals surface area contributed by atoms with Crippen molar-refractivity contribution in [3.8, 4) is 11.6 Å². The van der Waals surface area contributed by atoms with E-state index >= 15 is 0 Å². The topological polar surface area (TPSA) is 79.5 Å². The molecule has 2 unspecified atom stereocenters. The third-order valence-corrected chi connectivity index (χ3v) is 5.01. The van der Waals surface area contributed by atoms with Crippen molar-refractivity contribution in [1.29, 1.82) is 0 Å². The third kappa shape index (κ3) is 5.15. The van der Waals surface area contributed by atoms with Crippen LogP contribution in [0.3, 0.4) is 0 Å². The average molecular weight is 433 g/mol. The van der Waals surface area contributed by atoms with E-state index in [0.717, 1.165) is 19.3 Å². The van der Waals surface area contributed by atoms with Crippen LogP contribution < -0.4 is 10.5 Å². The highest BCUT2D eigenvalue weighted by molar-refractivity contribution is 6.37. The van der Waals surface area contributed by atoms with E-state index in [0.29, 0.717) is 24.3 Å². The predicted octanol–water partition coefficient (Wildman–Crippen LogP) is 5.81. The van der Waals surface area contributed by atoms with Crippen molar-refractivity contribution in [3.63, 3.8) is 0 Å². The SMILES string of the molecule is CCC(OC1CCCCO1)c1cc(Oc2c(Cl)cc(N)cc2Cl)nnc1Cl. The van der Waals surface area contributed by atoms with E-state index in [-0.39, 0.29) is 39.2 Å². The molecule has 1 aromatic heterocycles. The summed E-state index contributed by atoms with van der Waals surface area (Å²) in [4.78, 5) is 0. The Kier molecular flexibility index (Phi) is 7.00. The number of nitrogens with zero attached hydrogens (tertiary/aromatic N) is 2. The molecule has 0 radical (unpaired) electrons. The predicted molar refractivity (Wildman–Crippen MR) is 106 cm³/mol. The van der Waals surface area contributed by atoms with E-state index < -0.39 is 0 Å². The number of ether oxygens (including phenoxy) is 3. The lowest BCUT2D eigenvalue weighted by Crippen LogP contribution is -2.24. The van der Waals surface area contributed by atoms with Gasteiger partial charge in [0.15, 0.2) is 17.2 Å². The molecule has 0 amide bonds. The number of rotatable bonds is 6. The van der Waals surface area contributed by atoms with Crippen LogP contribution in [0.1, 0.15) is 44.3 Å². The van der Waals surface area contributed by atoms with Crippen molar-refractivity contribution in [3.05, 3.63) is 39.0 Å². The van der Waals surface area contributed by atoms with Gasteiger partial charge in [0, 0.05) is 23.9 Å². The summed E-state index contributed by atoms with van der Waals surface area (Å²) in [5.41, 5.74) is 6.82. The minimum atomic E-state index is -0.296. The number of benzene rings is 1. The Hall–Kier alpha value is -1.31. The average Bonchev–Trinajstić information content (AvgIpc) is 2.65. The first-order chi connectivity index (χ1) is 13.0. The molecule has 3 rings (SSSR count). The van der Waals surface area contributed by atoms with E-state index in [1.165, 1.54) is 0 Å². The van der Waals surface area contributed by atoms with Gasteiger partial charge >= 0.3 is 0 Å². The maximum atomic E-state index is 6.26. The van der Waals surface area contributed by atoms with Crippen LogP contribution in [-0.4, -0.2) is 23.1 Å². The molecule has 1 aliphatic rings. The highest BCUT2D eigenvalue weighted by Gasteiger charge is 2.23. The van der Waals surface area contributed by atoms with Crippen molar-refractivity contribution in [2.45, 2.75) is 45.0 Å². The summed E-state index contributed by atoms with van der Waals surface area (Å²) in [5, 5.41) is 8.74. The molecular formula is C18H20Cl3N3O3. The van der Waals surface area contributed by atoms with Crippen LogP contribution in [0, 0.1) is 0 Å². The highest BCUT2D eigenvalue weighted by Crippen LogP contribution is 2.39. The fourth-order valence-electron chi connectivity index (χ4n) is 2.82. The number of anilines is 1. The Morgan fingerprint density at radius 3 is 2.56 bits per heavy atom. The zero-order valence-corrected chi connectivity index (χ0v) is 17.0. The lowest BCUT2D eigenvalue weighted by Gasteiger charge is -2.27. The Morgan fingerprint density at radius 2 is 1.93 bits per heavy atom. The molecule has 9 heteroatoms. The normalized spacial score (nSPS) is 18.3. The second-order valence-corrected chi connectivity index (χ2v) is 7.35. The van der Waals surface area contributed by atoms with Crippen LogP contribution in [0.15, 0.2) is 18.2 Å². The molecule has 2 heterocycles. The van der Waals surface area contributed by atoms with Crippen molar-refractivity contribution >= 4 is 40.5 Å². The fourth-order valence-corrected chi connectivity index (χ4v) is 3.62. The van der Waals surface area contributed by atoms with Gasteiger partial charge in [0.05, 0.1) is 16.1 Å². The molecule has 2 N–H and O–H groups in total. The highest BCUT2D eigenvalue weighted by atomic mass is 35.5. The zero-order valence-electron chi connectivity index (χ0n) is 14.8. The summed E-state index contributed by atoms with van der Waals surface area (Å²) in [5.74, 6) is 0.453. The molecule has 2 aromatic rings. The van der Waals surface area contributed by atoms with Gasteiger partial charge in [-0.3, -0.25) is 0 Å². The van der Waals surface area contributed by atoms with E-state index in [1.807, 2.05) is 6.92 Å². The minimum Gasteiger partial charge on any atom is -0.434 e. The first kappa shape index (κ1) is 20.4. The van der Waals surface area contributed by atoms with Gasteiger partial charge in [-0.25, -0.2) is 0 Å². The molecule has 2 atom stereocenters. The molecule has 1 saturated heterocycles. The smallest absolute Gasteiger partial charge is 0.239 e. The van der Waals surface area contributed by atoms with Crippen molar-refractivity contribution in [2.24, 2.45) is 0 Å². The Labute approximate surface area is 172 Å². The van der Waals surface area contributed by atoms with Gasteiger partial charge in [-0.1, -0.05) is 41.7 Å². The van der Waals surface area contributed by atoms with Crippen molar-refractivity contribution in [1.82, 2.24) is 10.2 Å². The molecule has 27 heavy (non-hydrogen) atoms. The number of nitrogen functional groups attached to an aromatic ring is 1. The third-order valence-electron chi connectivity index (χ3n) is 4.15. The van der Waals surface area contributed by atoms with E-state index in [4.69, 9.17) is 54.7 Å². The second kappa shape index (κ2) is 9.26. The number of aromatic nitrogens is 2. The molecule has 6 nitrogen and oxygen atoms in total. The number of hydrogen-bond acceptors (Lipinski definition) is 6. The minimum absolute atomic E-state index is 0.203. The van der Waals surface area contributed by atoms with Gasteiger partial charge in [0.25, 0.3) is 0 Å². The number of halogens is 3. The van der Waals surface area contributed by atoms with Gasteiger partial charge in [-0.2, -0.15) is 0 Å². The van der Waals surface area contributed by atoms with Gasteiger partial charge in [0.1, 0.15) is 0 Å². The lowest BCUT2D eigenvalue weighted by atomic mass is 10.1. The standard InChI is InChI=1S/C18H20Cl3N3O3/c1-2-14(26-16-5-3-4-6-25-16)11-9-15(23-24-18(11)21)27-17-12(19)7-10(22)8-13(17)20/h7-9,14,16H,2-6,22H2,1H3. The summed E-state index contributed by atoms with van der Waals surface area (Å²) in [6, 6.07) is 4.77. The van der Waals surface area contributed by atoms with Crippen LogP contribution in [0.4, 0.5) is 5.69 Å². The lowest BCUT2D eigenvalue weighted by molar-refractivity contribution is -0.190. The summed E-state index contributed by atoms with van der Waals surface area (Å²) in [7, 11) is 0. The molecule has 1 aliphatic heterocycles. The van der Waals surface area contributed by atoms with Gasteiger partial charge in [-0.05, 0) is 37.8 Å². The van der Waals surface area contributed by atoms with E-state index in [2.05, 4.69) is 10.2 Å². The molecule has 1 aromatic carbocycles. The molecule has 0 bridgehead atoms. The Morgan fingerprint density at radius 1 is 1.19 bits per heavy atom. The molecular weight excluding hydrogens is 413 g/mol. The maximum absolute atomic E-state index is 6.26. The van der Waals surface area contributed by atoms with Crippen molar-refractivity contribution in [2.75, 3.05) is 12.3 Å². The summed E-state index contributed by atoms with van der Waals surface area (Å²) in [6.45, 7) is 2.70. The quantitative estimate of drug-likeness (QED) is 0.581. The van der Waals surface area contributed by atoms with Gasteiger partial charge < -0.3 is 19.9 Å². The largest absolute Gasteiger partial charge is 0.434 e. The molecule has 0 spiro atoms. The molecule has 1 fully saturated rings.